The standard InChI is InChI=1S/C23H26N6O2S/c1-13(17-7-4-8-24-10-17)25-23-27-19(20-21(28-23)26-14(2)32-20)22(31)29-11-15(12-29)9-18(30)16-5-3-6-16/h4,7-8,10,13,15-16H,3,5-6,9,11-12H2,1-2H3,(H,25,27,28)/t13-/m0/s1. The summed E-state index contributed by atoms with van der Waals surface area (Å²) in [5.74, 6) is 1.14. The molecule has 1 aliphatic carbocycles. The van der Waals surface area contributed by atoms with E-state index in [1.807, 2.05) is 26.0 Å². The van der Waals surface area contributed by atoms with Crippen LogP contribution in [0.1, 0.15) is 59.7 Å². The van der Waals surface area contributed by atoms with E-state index in [0.717, 1.165) is 23.4 Å². The second kappa shape index (κ2) is 8.54. The van der Waals surface area contributed by atoms with Gasteiger partial charge < -0.3 is 10.2 Å². The minimum Gasteiger partial charge on any atom is -0.348 e. The van der Waals surface area contributed by atoms with E-state index in [1.54, 1.807) is 17.3 Å². The molecular weight excluding hydrogens is 424 g/mol. The molecule has 0 radical (unpaired) electrons. The van der Waals surface area contributed by atoms with Crippen molar-refractivity contribution in [2.75, 3.05) is 18.4 Å². The lowest BCUT2D eigenvalue weighted by Gasteiger charge is -2.39. The Morgan fingerprint density at radius 3 is 2.75 bits per heavy atom. The molecule has 0 aromatic carbocycles. The van der Waals surface area contributed by atoms with Gasteiger partial charge in [0, 0.05) is 43.7 Å². The second-order valence-electron chi connectivity index (χ2n) is 8.81. The Hall–Kier alpha value is -2.94. The molecule has 3 aromatic rings. The van der Waals surface area contributed by atoms with E-state index in [4.69, 9.17) is 0 Å². The molecule has 0 spiro atoms. The Labute approximate surface area is 190 Å². The first kappa shape index (κ1) is 20.9. The number of pyridine rings is 1. The Kier molecular flexibility index (Phi) is 5.58. The number of hydrogen-bond donors (Lipinski definition) is 1. The van der Waals surface area contributed by atoms with Crippen LogP contribution in [0.25, 0.3) is 10.3 Å². The number of amides is 1. The van der Waals surface area contributed by atoms with Gasteiger partial charge in [0.25, 0.3) is 5.91 Å². The van der Waals surface area contributed by atoms with Crippen LogP contribution < -0.4 is 5.32 Å². The van der Waals surface area contributed by atoms with Crippen molar-refractivity contribution in [3.05, 3.63) is 40.8 Å². The molecule has 32 heavy (non-hydrogen) atoms. The molecule has 8 nitrogen and oxygen atoms in total. The minimum atomic E-state index is -0.120. The maximum Gasteiger partial charge on any atom is 0.274 e. The van der Waals surface area contributed by atoms with Gasteiger partial charge in [0.1, 0.15) is 10.5 Å². The zero-order chi connectivity index (χ0) is 22.2. The summed E-state index contributed by atoms with van der Waals surface area (Å²) in [6.07, 6.45) is 7.34. The maximum atomic E-state index is 13.3. The van der Waals surface area contributed by atoms with E-state index in [0.29, 0.717) is 47.3 Å². The lowest BCUT2D eigenvalue weighted by Crippen LogP contribution is -2.51. The van der Waals surface area contributed by atoms with Gasteiger partial charge >= 0.3 is 0 Å². The van der Waals surface area contributed by atoms with Crippen LogP contribution >= 0.6 is 11.3 Å². The summed E-state index contributed by atoms with van der Waals surface area (Å²) >= 11 is 1.43. The Morgan fingerprint density at radius 2 is 2.06 bits per heavy atom. The van der Waals surface area contributed by atoms with E-state index in [1.165, 1.54) is 17.8 Å². The molecule has 1 atom stereocenters. The monoisotopic (exact) mass is 450 g/mol. The fraction of sp³-hybridized carbons (Fsp3) is 0.478. The van der Waals surface area contributed by atoms with Crippen LogP contribution in [0.15, 0.2) is 24.5 Å². The molecule has 2 aliphatic rings. The van der Waals surface area contributed by atoms with Gasteiger partial charge in [0.05, 0.1) is 11.0 Å². The quantitative estimate of drug-likeness (QED) is 0.584. The Morgan fingerprint density at radius 1 is 1.25 bits per heavy atom. The number of carbonyl (C=O) groups excluding carboxylic acids is 2. The van der Waals surface area contributed by atoms with Gasteiger partial charge in [-0.1, -0.05) is 12.5 Å². The molecule has 166 valence electrons. The van der Waals surface area contributed by atoms with Crippen LogP contribution in [0.3, 0.4) is 0 Å². The van der Waals surface area contributed by atoms with Crippen LogP contribution in [0.2, 0.25) is 0 Å². The van der Waals surface area contributed by atoms with E-state index in [9.17, 15) is 9.59 Å². The van der Waals surface area contributed by atoms with E-state index in [-0.39, 0.29) is 23.8 Å². The molecule has 9 heteroatoms. The SMILES string of the molecule is Cc1nc2nc(N[C@@H](C)c3cccnc3)nc(C(=O)N3CC(CC(=O)C4CCC4)C3)c2s1. The molecule has 1 saturated carbocycles. The predicted molar refractivity (Wildman–Crippen MR) is 123 cm³/mol. The molecule has 5 rings (SSSR count). The molecule has 2 fully saturated rings. The van der Waals surface area contributed by atoms with E-state index < -0.39 is 0 Å². The summed E-state index contributed by atoms with van der Waals surface area (Å²) in [5, 5.41) is 4.12. The van der Waals surface area contributed by atoms with E-state index in [2.05, 4.69) is 25.3 Å². The lowest BCUT2D eigenvalue weighted by atomic mass is 9.78. The smallest absolute Gasteiger partial charge is 0.274 e. The highest BCUT2D eigenvalue weighted by molar-refractivity contribution is 7.18. The van der Waals surface area contributed by atoms with Gasteiger partial charge in [-0.2, -0.15) is 4.98 Å². The average molecular weight is 451 g/mol. The number of Topliss-reactive ketones (excluding diaryl/α,β-unsaturated/α-hetero) is 1. The third kappa shape index (κ3) is 4.09. The van der Waals surface area contributed by atoms with Gasteiger partial charge in [0.15, 0.2) is 11.3 Å². The largest absolute Gasteiger partial charge is 0.348 e. The number of nitrogens with zero attached hydrogens (tertiary/aromatic N) is 5. The first-order valence-electron chi connectivity index (χ1n) is 11.1. The van der Waals surface area contributed by atoms with E-state index >= 15 is 0 Å². The van der Waals surface area contributed by atoms with Gasteiger partial charge in [0.2, 0.25) is 5.95 Å². The topological polar surface area (TPSA) is 101 Å². The first-order valence-corrected chi connectivity index (χ1v) is 11.9. The number of nitrogens with one attached hydrogen (secondary N) is 1. The fourth-order valence-corrected chi connectivity index (χ4v) is 5.08. The number of ketones is 1. The number of aromatic nitrogens is 4. The molecule has 1 amide bonds. The number of aryl methyl sites for hydroxylation is 1. The number of hydrogen-bond acceptors (Lipinski definition) is 8. The number of thiazole rings is 1. The molecule has 1 N–H and O–H groups in total. The molecular formula is C23H26N6O2S. The molecule has 4 heterocycles. The van der Waals surface area contributed by atoms with Crippen molar-refractivity contribution in [3.63, 3.8) is 0 Å². The van der Waals surface area contributed by atoms with Crippen LogP contribution in [0, 0.1) is 18.8 Å². The molecule has 0 bridgehead atoms. The first-order chi connectivity index (χ1) is 15.5. The van der Waals surface area contributed by atoms with Crippen molar-refractivity contribution >= 4 is 39.3 Å². The summed E-state index contributed by atoms with van der Waals surface area (Å²) in [5.41, 5.74) is 1.91. The van der Waals surface area contributed by atoms with Crippen molar-refractivity contribution in [1.82, 2.24) is 24.8 Å². The molecule has 1 aliphatic heterocycles. The van der Waals surface area contributed by atoms with Crippen LogP contribution in [0.4, 0.5) is 5.95 Å². The molecule has 1 saturated heterocycles. The summed E-state index contributed by atoms with van der Waals surface area (Å²) < 4.78 is 0.709. The van der Waals surface area contributed by atoms with Crippen molar-refractivity contribution in [3.8, 4) is 0 Å². The summed E-state index contributed by atoms with van der Waals surface area (Å²) in [6.45, 7) is 5.11. The highest BCUT2D eigenvalue weighted by Gasteiger charge is 2.36. The summed E-state index contributed by atoms with van der Waals surface area (Å²) in [4.78, 5) is 45.1. The normalized spacial score (nSPS) is 17.6. The maximum absolute atomic E-state index is 13.3. The zero-order valence-corrected chi connectivity index (χ0v) is 19.1. The lowest BCUT2D eigenvalue weighted by molar-refractivity contribution is -0.127. The predicted octanol–water partition coefficient (Wildman–Crippen LogP) is 3.79. The molecule has 0 unspecified atom stereocenters. The Bertz CT molecular complexity index is 1150. The zero-order valence-electron chi connectivity index (χ0n) is 18.2. The summed E-state index contributed by atoms with van der Waals surface area (Å²) in [6, 6.07) is 3.79. The van der Waals surface area contributed by atoms with Crippen LogP contribution in [-0.2, 0) is 4.79 Å². The average Bonchev–Trinajstić information content (AvgIpc) is 3.08. The fourth-order valence-electron chi connectivity index (χ4n) is 4.24. The minimum absolute atomic E-state index is 0.0743. The van der Waals surface area contributed by atoms with Gasteiger partial charge in [-0.3, -0.25) is 14.6 Å². The number of rotatable bonds is 7. The van der Waals surface area contributed by atoms with Crippen molar-refractivity contribution in [2.24, 2.45) is 11.8 Å². The third-order valence-corrected chi connectivity index (χ3v) is 7.35. The summed E-state index contributed by atoms with van der Waals surface area (Å²) in [7, 11) is 0. The van der Waals surface area contributed by atoms with Crippen LogP contribution in [-0.4, -0.2) is 49.6 Å². The van der Waals surface area contributed by atoms with Gasteiger partial charge in [-0.05, 0) is 38.3 Å². The second-order valence-corrected chi connectivity index (χ2v) is 10.0. The highest BCUT2D eigenvalue weighted by Crippen LogP contribution is 2.32. The van der Waals surface area contributed by atoms with Gasteiger partial charge in [-0.25, -0.2) is 9.97 Å². The number of likely N-dealkylation sites (tertiary alicyclic amines) is 1. The van der Waals surface area contributed by atoms with Crippen molar-refractivity contribution in [2.45, 2.75) is 45.6 Å². The highest BCUT2D eigenvalue weighted by atomic mass is 32.1. The van der Waals surface area contributed by atoms with Crippen LogP contribution in [0.5, 0.6) is 0 Å². The van der Waals surface area contributed by atoms with Crippen molar-refractivity contribution in [1.29, 1.82) is 0 Å². The number of anilines is 1. The van der Waals surface area contributed by atoms with Crippen molar-refractivity contribution < 1.29 is 9.59 Å². The van der Waals surface area contributed by atoms with Gasteiger partial charge in [-0.15, -0.1) is 11.3 Å². The molecule has 3 aromatic heterocycles. The number of carbonyl (C=O) groups is 2. The number of fused-ring (bicyclic) bond motifs is 1. The third-order valence-electron chi connectivity index (χ3n) is 6.39. The Balaban J connectivity index is 1.32.